The van der Waals surface area contributed by atoms with Crippen LogP contribution in [0.4, 0.5) is 5.13 Å². The van der Waals surface area contributed by atoms with Crippen molar-refractivity contribution in [3.8, 4) is 11.5 Å². The molecule has 0 bridgehead atoms. The first-order chi connectivity index (χ1) is 17.7. The zero-order chi connectivity index (χ0) is 27.2. The summed E-state index contributed by atoms with van der Waals surface area (Å²) < 4.78 is 39.4. The molecule has 0 unspecified atom stereocenters. The van der Waals surface area contributed by atoms with Crippen LogP contribution in [0.3, 0.4) is 0 Å². The highest BCUT2D eigenvalue weighted by Crippen LogP contribution is 2.37. The Balaban J connectivity index is 1.95. The van der Waals surface area contributed by atoms with Gasteiger partial charge < -0.3 is 14.4 Å². The van der Waals surface area contributed by atoms with Gasteiger partial charge in [0.05, 0.1) is 29.3 Å². The molecule has 37 heavy (non-hydrogen) atoms. The van der Waals surface area contributed by atoms with Crippen LogP contribution in [0.2, 0.25) is 0 Å². The number of methoxy groups -OCH3 is 2. The van der Waals surface area contributed by atoms with Gasteiger partial charge in [0.1, 0.15) is 0 Å². The van der Waals surface area contributed by atoms with E-state index in [1.807, 2.05) is 38.9 Å². The van der Waals surface area contributed by atoms with Gasteiger partial charge in [-0.2, -0.15) is 4.31 Å². The number of fused-ring (bicyclic) bond motifs is 1. The lowest BCUT2D eigenvalue weighted by atomic mass is 10.2. The van der Waals surface area contributed by atoms with Crippen molar-refractivity contribution >= 4 is 42.6 Å². The number of anilines is 1. The molecule has 0 aliphatic heterocycles. The first kappa shape index (κ1) is 28.8. The van der Waals surface area contributed by atoms with E-state index in [4.69, 9.17) is 14.5 Å². The number of likely N-dealkylation sites (N-methyl/N-ethyl adjacent to an activating group) is 1. The minimum atomic E-state index is -3.62. The third-order valence-corrected chi connectivity index (χ3v) is 8.77. The second-order valence-corrected chi connectivity index (χ2v) is 11.8. The van der Waals surface area contributed by atoms with Crippen LogP contribution in [-0.4, -0.2) is 83.0 Å². The Bertz CT molecular complexity index is 1260. The fraction of sp³-hybridized carbons (Fsp3) is 0.462. The van der Waals surface area contributed by atoms with Gasteiger partial charge in [0.15, 0.2) is 16.6 Å². The van der Waals surface area contributed by atoms with Crippen molar-refractivity contribution in [1.82, 2.24) is 14.2 Å². The molecule has 11 heteroatoms. The first-order valence-corrected chi connectivity index (χ1v) is 14.5. The van der Waals surface area contributed by atoms with Crippen LogP contribution >= 0.6 is 11.3 Å². The third-order valence-electron chi connectivity index (χ3n) is 5.81. The molecule has 0 atom stereocenters. The number of thiazole rings is 1. The van der Waals surface area contributed by atoms with Crippen LogP contribution in [-0.2, 0) is 10.0 Å². The monoisotopic (exact) mass is 548 g/mol. The van der Waals surface area contributed by atoms with E-state index in [-0.39, 0.29) is 10.8 Å². The third kappa shape index (κ3) is 6.59. The van der Waals surface area contributed by atoms with E-state index in [2.05, 4.69) is 0 Å². The molecular weight excluding hydrogens is 512 g/mol. The minimum absolute atomic E-state index is 0.185. The van der Waals surface area contributed by atoms with Crippen molar-refractivity contribution in [3.05, 3.63) is 42.0 Å². The maximum atomic E-state index is 13.6. The average molecular weight is 549 g/mol. The summed E-state index contributed by atoms with van der Waals surface area (Å²) in [6.07, 6.45) is 1.47. The molecule has 1 heterocycles. The normalized spacial score (nSPS) is 11.9. The Morgan fingerprint density at radius 2 is 1.51 bits per heavy atom. The molecule has 2 aromatic carbocycles. The fourth-order valence-electron chi connectivity index (χ4n) is 3.87. The highest BCUT2D eigenvalue weighted by atomic mass is 32.2. The molecule has 0 saturated heterocycles. The summed E-state index contributed by atoms with van der Waals surface area (Å²) in [5.41, 5.74) is 1.10. The molecule has 0 radical (unpaired) electrons. The van der Waals surface area contributed by atoms with Crippen LogP contribution in [0.5, 0.6) is 11.5 Å². The van der Waals surface area contributed by atoms with E-state index in [0.717, 1.165) is 17.5 Å². The summed E-state index contributed by atoms with van der Waals surface area (Å²) in [5, 5.41) is 0.547. The smallest absolute Gasteiger partial charge is 0.260 e. The SMILES string of the molecule is CCCN(CCC)S(=O)(=O)c1ccc(C(=O)N(CCN(C)C)c2nc3cc(OC)c(OC)cc3s2)cc1. The Labute approximate surface area is 223 Å². The molecule has 3 rings (SSSR count). The number of nitrogens with zero attached hydrogens (tertiary/aromatic N) is 4. The number of benzene rings is 2. The minimum Gasteiger partial charge on any atom is -0.493 e. The van der Waals surface area contributed by atoms with Gasteiger partial charge in [0, 0.05) is 43.9 Å². The summed E-state index contributed by atoms with van der Waals surface area (Å²) in [7, 11) is 3.40. The van der Waals surface area contributed by atoms with Crippen molar-refractivity contribution in [2.75, 3.05) is 59.4 Å². The molecule has 0 aliphatic rings. The number of ether oxygens (including phenoxy) is 2. The molecule has 202 valence electrons. The lowest BCUT2D eigenvalue weighted by Gasteiger charge is -2.23. The van der Waals surface area contributed by atoms with Crippen LogP contribution in [0, 0.1) is 0 Å². The molecular formula is C26H36N4O5S2. The van der Waals surface area contributed by atoms with Crippen LogP contribution in [0.25, 0.3) is 10.2 Å². The van der Waals surface area contributed by atoms with Gasteiger partial charge >= 0.3 is 0 Å². The first-order valence-electron chi connectivity index (χ1n) is 12.3. The molecule has 0 N–H and O–H groups in total. The zero-order valence-electron chi connectivity index (χ0n) is 22.4. The van der Waals surface area contributed by atoms with E-state index in [1.54, 1.807) is 37.3 Å². The van der Waals surface area contributed by atoms with E-state index < -0.39 is 10.0 Å². The van der Waals surface area contributed by atoms with Gasteiger partial charge in [-0.05, 0) is 51.2 Å². The maximum Gasteiger partial charge on any atom is 0.260 e. The second-order valence-electron chi connectivity index (χ2n) is 8.86. The molecule has 1 amide bonds. The standard InChI is InChI=1S/C26H36N4O5S2/c1-7-13-29(14-8-2)37(32,33)20-11-9-19(10-12-20)25(31)30(16-15-28(3)4)26-27-21-17-22(34-5)23(35-6)18-24(21)36-26/h9-12,17-18H,7-8,13-16H2,1-6H3. The Kier molecular flexibility index (Phi) is 9.88. The fourth-order valence-corrected chi connectivity index (χ4v) is 6.49. The summed E-state index contributed by atoms with van der Waals surface area (Å²) >= 11 is 1.39. The van der Waals surface area contributed by atoms with Crippen molar-refractivity contribution in [3.63, 3.8) is 0 Å². The van der Waals surface area contributed by atoms with Gasteiger partial charge in [0.2, 0.25) is 10.0 Å². The number of hydrogen-bond donors (Lipinski definition) is 0. The number of aromatic nitrogens is 1. The summed E-state index contributed by atoms with van der Waals surface area (Å²) in [4.78, 5) is 22.2. The van der Waals surface area contributed by atoms with Gasteiger partial charge in [-0.15, -0.1) is 0 Å². The van der Waals surface area contributed by atoms with E-state index in [1.165, 1.54) is 27.8 Å². The number of carbonyl (C=O) groups excluding carboxylic acids is 1. The van der Waals surface area contributed by atoms with Gasteiger partial charge in [-0.3, -0.25) is 9.69 Å². The zero-order valence-corrected chi connectivity index (χ0v) is 24.0. The molecule has 9 nitrogen and oxygen atoms in total. The highest BCUT2D eigenvalue weighted by Gasteiger charge is 2.25. The van der Waals surface area contributed by atoms with Crippen molar-refractivity contribution in [2.45, 2.75) is 31.6 Å². The van der Waals surface area contributed by atoms with Crippen LogP contribution in [0.15, 0.2) is 41.3 Å². The number of sulfonamides is 1. The maximum absolute atomic E-state index is 13.6. The van der Waals surface area contributed by atoms with E-state index >= 15 is 0 Å². The van der Waals surface area contributed by atoms with Gasteiger partial charge in [-0.1, -0.05) is 25.2 Å². The van der Waals surface area contributed by atoms with Crippen molar-refractivity contribution in [1.29, 1.82) is 0 Å². The quantitative estimate of drug-likeness (QED) is 0.314. The van der Waals surface area contributed by atoms with Crippen LogP contribution < -0.4 is 14.4 Å². The predicted octanol–water partition coefficient (Wildman–Crippen LogP) is 4.33. The summed E-state index contributed by atoms with van der Waals surface area (Å²) in [5.74, 6) is 0.908. The lowest BCUT2D eigenvalue weighted by molar-refractivity contribution is 0.0985. The van der Waals surface area contributed by atoms with Gasteiger partial charge in [0.25, 0.3) is 5.91 Å². The molecule has 0 aliphatic carbocycles. The van der Waals surface area contributed by atoms with Crippen molar-refractivity contribution in [2.24, 2.45) is 0 Å². The second kappa shape index (κ2) is 12.7. The number of amides is 1. The number of carbonyl (C=O) groups is 1. The van der Waals surface area contributed by atoms with E-state index in [9.17, 15) is 13.2 Å². The van der Waals surface area contributed by atoms with Gasteiger partial charge in [-0.25, -0.2) is 13.4 Å². The number of hydrogen-bond acceptors (Lipinski definition) is 8. The predicted molar refractivity (Wildman–Crippen MR) is 149 cm³/mol. The largest absolute Gasteiger partial charge is 0.493 e. The lowest BCUT2D eigenvalue weighted by Crippen LogP contribution is -2.36. The van der Waals surface area contributed by atoms with E-state index in [0.29, 0.717) is 53.9 Å². The summed E-state index contributed by atoms with van der Waals surface area (Å²) in [6.45, 7) is 5.88. The number of rotatable bonds is 13. The van der Waals surface area contributed by atoms with Crippen molar-refractivity contribution < 1.29 is 22.7 Å². The molecule has 1 aromatic heterocycles. The molecule has 0 spiro atoms. The Hall–Kier alpha value is -2.73. The molecule has 3 aromatic rings. The summed E-state index contributed by atoms with van der Waals surface area (Å²) in [6, 6.07) is 9.82. The average Bonchev–Trinajstić information content (AvgIpc) is 3.30. The molecule has 0 saturated carbocycles. The Morgan fingerprint density at radius 3 is 2.05 bits per heavy atom. The Morgan fingerprint density at radius 1 is 0.919 bits per heavy atom. The topological polar surface area (TPSA) is 92.3 Å². The highest BCUT2D eigenvalue weighted by molar-refractivity contribution is 7.89. The van der Waals surface area contributed by atoms with Crippen LogP contribution in [0.1, 0.15) is 37.0 Å². The molecule has 0 fully saturated rings.